The number of rotatable bonds is 6. The lowest BCUT2D eigenvalue weighted by Crippen LogP contribution is -2.47. The van der Waals surface area contributed by atoms with Crippen molar-refractivity contribution in [2.75, 3.05) is 11.4 Å². The minimum atomic E-state index is -4.04. The molecule has 3 heterocycles. The minimum Gasteiger partial charge on any atom is -0.467 e. The van der Waals surface area contributed by atoms with Gasteiger partial charge in [-0.15, -0.1) is 0 Å². The number of para-hydroxylation sites is 1. The Hall–Kier alpha value is -3.15. The zero-order chi connectivity index (χ0) is 23.9. The molecule has 0 N–H and O–H groups in total. The standard InChI is InChI=1S/C23H19F2N3O4S2/c24-15-8-10-17(11-9-15)34(30,31)28-12-2-6-19(28)22(29)27(14-16-4-3-13-32-16)23-26-21-18(25)5-1-7-20(21)33-23/h1,3-5,7-11,13,19H,2,6,12,14H2. The van der Waals surface area contributed by atoms with Gasteiger partial charge in [0.2, 0.25) is 15.9 Å². The van der Waals surface area contributed by atoms with Gasteiger partial charge < -0.3 is 4.42 Å². The molecular formula is C23H19F2N3O4S2. The number of amides is 1. The number of nitrogens with zero attached hydrogens (tertiary/aromatic N) is 3. The van der Waals surface area contributed by atoms with Crippen LogP contribution >= 0.6 is 11.3 Å². The normalized spacial score (nSPS) is 16.8. The third-order valence-corrected chi connectivity index (χ3v) is 8.62. The maximum atomic E-state index is 14.3. The Labute approximate surface area is 198 Å². The predicted molar refractivity (Wildman–Crippen MR) is 123 cm³/mol. The number of thiazole rings is 1. The van der Waals surface area contributed by atoms with E-state index in [1.165, 1.54) is 29.4 Å². The third kappa shape index (κ3) is 4.10. The maximum absolute atomic E-state index is 14.3. The van der Waals surface area contributed by atoms with Crippen LogP contribution in [0.25, 0.3) is 10.2 Å². The average Bonchev–Trinajstić information content (AvgIpc) is 3.58. The van der Waals surface area contributed by atoms with Crippen molar-refractivity contribution < 1.29 is 26.4 Å². The summed E-state index contributed by atoms with van der Waals surface area (Å²) in [6.07, 6.45) is 2.27. The summed E-state index contributed by atoms with van der Waals surface area (Å²) in [4.78, 5) is 19.4. The van der Waals surface area contributed by atoms with Crippen LogP contribution < -0.4 is 4.90 Å². The first kappa shape index (κ1) is 22.6. The summed E-state index contributed by atoms with van der Waals surface area (Å²) in [6, 6.07) is 11.4. The molecule has 176 valence electrons. The summed E-state index contributed by atoms with van der Waals surface area (Å²) >= 11 is 1.14. The molecule has 1 unspecified atom stereocenters. The van der Waals surface area contributed by atoms with Crippen LogP contribution in [-0.2, 0) is 21.4 Å². The number of benzene rings is 2. The van der Waals surface area contributed by atoms with Gasteiger partial charge in [0, 0.05) is 6.54 Å². The van der Waals surface area contributed by atoms with Gasteiger partial charge in [-0.1, -0.05) is 17.4 Å². The van der Waals surface area contributed by atoms with E-state index in [1.54, 1.807) is 24.3 Å². The average molecular weight is 504 g/mol. The fourth-order valence-corrected chi connectivity index (χ4v) is 6.65. The molecule has 0 aliphatic carbocycles. The van der Waals surface area contributed by atoms with Crippen molar-refractivity contribution in [1.82, 2.24) is 9.29 Å². The predicted octanol–water partition coefficient (Wildman–Crippen LogP) is 4.55. The zero-order valence-electron chi connectivity index (χ0n) is 17.7. The second kappa shape index (κ2) is 8.90. The zero-order valence-corrected chi connectivity index (χ0v) is 19.4. The molecule has 11 heteroatoms. The molecule has 1 saturated heterocycles. The SMILES string of the molecule is O=C(C1CCCN1S(=O)(=O)c1ccc(F)cc1)N(Cc1ccco1)c1nc2c(F)cccc2s1. The number of anilines is 1. The van der Waals surface area contributed by atoms with Crippen LogP contribution in [0.4, 0.5) is 13.9 Å². The number of fused-ring (bicyclic) bond motifs is 1. The van der Waals surface area contributed by atoms with Gasteiger partial charge in [0.25, 0.3) is 0 Å². The minimum absolute atomic E-state index is 0.00814. The number of sulfonamides is 1. The van der Waals surface area contributed by atoms with E-state index in [0.717, 1.165) is 27.8 Å². The number of halogens is 2. The Bertz CT molecular complexity index is 1440. The molecule has 1 aliphatic rings. The van der Waals surface area contributed by atoms with Crippen LogP contribution in [0, 0.1) is 11.6 Å². The fourth-order valence-electron chi connectivity index (χ4n) is 4.01. The van der Waals surface area contributed by atoms with Crippen molar-refractivity contribution in [3.8, 4) is 0 Å². The molecule has 2 aromatic heterocycles. The van der Waals surface area contributed by atoms with Crippen molar-refractivity contribution in [3.05, 3.63) is 78.3 Å². The van der Waals surface area contributed by atoms with Gasteiger partial charge in [-0.3, -0.25) is 9.69 Å². The molecule has 1 amide bonds. The lowest BCUT2D eigenvalue weighted by molar-refractivity contribution is -0.121. The van der Waals surface area contributed by atoms with E-state index in [2.05, 4.69) is 4.98 Å². The highest BCUT2D eigenvalue weighted by Crippen LogP contribution is 2.34. The maximum Gasteiger partial charge on any atom is 0.247 e. The number of hydrogen-bond donors (Lipinski definition) is 0. The third-order valence-electron chi connectivity index (χ3n) is 5.66. The Morgan fingerprint density at radius 3 is 2.65 bits per heavy atom. The number of carbonyl (C=O) groups excluding carboxylic acids is 1. The summed E-state index contributed by atoms with van der Waals surface area (Å²) in [5, 5.41) is 0.243. The Morgan fingerprint density at radius 2 is 1.94 bits per heavy atom. The summed E-state index contributed by atoms with van der Waals surface area (Å²) in [6.45, 7) is 0.160. The molecule has 0 radical (unpaired) electrons. The van der Waals surface area contributed by atoms with E-state index in [0.29, 0.717) is 23.3 Å². The molecular weight excluding hydrogens is 484 g/mol. The molecule has 0 spiro atoms. The van der Waals surface area contributed by atoms with Crippen molar-refractivity contribution in [2.24, 2.45) is 0 Å². The number of hydrogen-bond acceptors (Lipinski definition) is 6. The van der Waals surface area contributed by atoms with Crippen molar-refractivity contribution in [1.29, 1.82) is 0 Å². The van der Waals surface area contributed by atoms with Gasteiger partial charge in [0.05, 0.1) is 22.4 Å². The van der Waals surface area contributed by atoms with Crippen molar-refractivity contribution >= 4 is 42.6 Å². The van der Waals surface area contributed by atoms with Gasteiger partial charge in [-0.2, -0.15) is 4.31 Å². The second-order valence-electron chi connectivity index (χ2n) is 7.81. The van der Waals surface area contributed by atoms with Crippen LogP contribution in [0.15, 0.2) is 70.2 Å². The van der Waals surface area contributed by atoms with E-state index in [1.807, 2.05) is 0 Å². The largest absolute Gasteiger partial charge is 0.467 e. The Kier molecular flexibility index (Phi) is 5.92. The van der Waals surface area contributed by atoms with E-state index in [-0.39, 0.29) is 28.6 Å². The molecule has 7 nitrogen and oxygen atoms in total. The smallest absolute Gasteiger partial charge is 0.247 e. The second-order valence-corrected chi connectivity index (χ2v) is 10.7. The summed E-state index contributed by atoms with van der Waals surface area (Å²) in [5.74, 6) is -1.08. The number of aromatic nitrogens is 1. The van der Waals surface area contributed by atoms with Crippen LogP contribution in [0.3, 0.4) is 0 Å². The van der Waals surface area contributed by atoms with E-state index < -0.39 is 33.6 Å². The van der Waals surface area contributed by atoms with Gasteiger partial charge in [0.1, 0.15) is 29.0 Å². The highest BCUT2D eigenvalue weighted by atomic mass is 32.2. The van der Waals surface area contributed by atoms with Crippen LogP contribution in [0.2, 0.25) is 0 Å². The first-order valence-electron chi connectivity index (χ1n) is 10.5. The quantitative estimate of drug-likeness (QED) is 0.385. The topological polar surface area (TPSA) is 83.7 Å². The Morgan fingerprint density at radius 1 is 1.15 bits per heavy atom. The highest BCUT2D eigenvalue weighted by molar-refractivity contribution is 7.89. The van der Waals surface area contributed by atoms with Gasteiger partial charge in [0.15, 0.2) is 5.13 Å². The first-order valence-corrected chi connectivity index (χ1v) is 12.8. The number of furan rings is 1. The van der Waals surface area contributed by atoms with Crippen LogP contribution in [0.5, 0.6) is 0 Å². The molecule has 5 rings (SSSR count). The van der Waals surface area contributed by atoms with Gasteiger partial charge in [-0.25, -0.2) is 22.2 Å². The summed E-state index contributed by atoms with van der Waals surface area (Å²) < 4.78 is 61.3. The molecule has 1 fully saturated rings. The van der Waals surface area contributed by atoms with Gasteiger partial charge >= 0.3 is 0 Å². The van der Waals surface area contributed by atoms with Crippen LogP contribution in [-0.4, -0.2) is 36.2 Å². The molecule has 0 bridgehead atoms. The highest BCUT2D eigenvalue weighted by Gasteiger charge is 2.42. The van der Waals surface area contributed by atoms with E-state index in [4.69, 9.17) is 4.42 Å². The summed E-state index contributed by atoms with van der Waals surface area (Å²) in [5.41, 5.74) is 0.141. The molecule has 1 atom stereocenters. The molecule has 1 aliphatic heterocycles. The lowest BCUT2D eigenvalue weighted by Gasteiger charge is -2.28. The van der Waals surface area contributed by atoms with Crippen molar-refractivity contribution in [3.63, 3.8) is 0 Å². The number of carbonyl (C=O) groups is 1. The van der Waals surface area contributed by atoms with Crippen LogP contribution in [0.1, 0.15) is 18.6 Å². The van der Waals surface area contributed by atoms with E-state index in [9.17, 15) is 22.0 Å². The fraction of sp³-hybridized carbons (Fsp3) is 0.217. The summed E-state index contributed by atoms with van der Waals surface area (Å²) in [7, 11) is -4.04. The molecule has 4 aromatic rings. The molecule has 0 saturated carbocycles. The van der Waals surface area contributed by atoms with E-state index >= 15 is 0 Å². The lowest BCUT2D eigenvalue weighted by atomic mass is 10.2. The Balaban J connectivity index is 1.52. The molecule has 2 aromatic carbocycles. The monoisotopic (exact) mass is 503 g/mol. The van der Waals surface area contributed by atoms with Gasteiger partial charge in [-0.05, 0) is 61.4 Å². The first-order chi connectivity index (χ1) is 16.3. The van der Waals surface area contributed by atoms with Crippen molar-refractivity contribution in [2.45, 2.75) is 30.3 Å². The molecule has 34 heavy (non-hydrogen) atoms.